The maximum Gasteiger partial charge on any atom is 0.212 e. The van der Waals surface area contributed by atoms with E-state index in [1.54, 1.807) is 18.5 Å². The predicted octanol–water partition coefficient (Wildman–Crippen LogP) is 6.12. The molecular weight excluding hydrogens is 416 g/mol. The molecule has 1 aliphatic rings. The smallest absolute Gasteiger partial charge is 0.212 e. The minimum Gasteiger partial charge on any atom is -0.238 e. The number of nitrogens with zero attached hydrogens (tertiary/aromatic N) is 2. The van der Waals surface area contributed by atoms with E-state index in [2.05, 4.69) is 48.3 Å². The lowest BCUT2D eigenvalue weighted by molar-refractivity contribution is -0.667. The van der Waals surface area contributed by atoms with Gasteiger partial charge in [-0.25, -0.2) is 4.85 Å². The molecule has 5 rings (SSSR count). The molecule has 1 aliphatic heterocycles. The Morgan fingerprint density at radius 2 is 1.55 bits per heavy atom. The van der Waals surface area contributed by atoms with E-state index < -0.39 is 14.9 Å². The molecule has 0 fully saturated rings. The Bertz CT molecular complexity index is 1650. The van der Waals surface area contributed by atoms with E-state index in [9.17, 15) is 0 Å². The Kier molecular flexibility index (Phi) is 3.70. The van der Waals surface area contributed by atoms with Gasteiger partial charge in [-0.1, -0.05) is 67.7 Å². The SMILES string of the molecule is [2H]c1c([2H])c(-c2c(C)ccc3c2[Si](C)(C)c2c-3ccc([N+]#[C-])c2-c2ccccc2)[n+](C)c(C)c1C([2H])([2H])[2H]. The lowest BCUT2D eigenvalue weighted by Gasteiger charge is -2.25. The van der Waals surface area contributed by atoms with Crippen LogP contribution in [0.1, 0.15) is 23.7 Å². The first kappa shape index (κ1) is 16.2. The molecule has 33 heavy (non-hydrogen) atoms. The van der Waals surface area contributed by atoms with E-state index in [1.807, 2.05) is 31.2 Å². The summed E-state index contributed by atoms with van der Waals surface area (Å²) in [6.07, 6.45) is 0. The normalized spacial score (nSPS) is 15.9. The van der Waals surface area contributed by atoms with Gasteiger partial charge in [0.1, 0.15) is 15.1 Å². The highest BCUT2D eigenvalue weighted by atomic mass is 28.3. The molecule has 0 aliphatic carbocycles. The van der Waals surface area contributed by atoms with E-state index in [-0.39, 0.29) is 17.6 Å². The molecule has 0 spiro atoms. The van der Waals surface area contributed by atoms with Gasteiger partial charge in [-0.3, -0.25) is 0 Å². The highest BCUT2D eigenvalue weighted by molar-refractivity contribution is 7.05. The molecule has 0 unspecified atom stereocenters. The van der Waals surface area contributed by atoms with E-state index in [0.717, 1.165) is 38.6 Å². The maximum atomic E-state index is 9.00. The van der Waals surface area contributed by atoms with Crippen LogP contribution >= 0.6 is 0 Å². The Morgan fingerprint density at radius 3 is 2.21 bits per heavy atom. The van der Waals surface area contributed by atoms with Crippen molar-refractivity contribution >= 4 is 24.1 Å². The second-order valence-corrected chi connectivity index (χ2v) is 13.5. The lowest BCUT2D eigenvalue weighted by atomic mass is 9.94. The molecule has 2 heterocycles. The van der Waals surface area contributed by atoms with Crippen LogP contribution in [-0.2, 0) is 7.05 Å². The summed E-state index contributed by atoms with van der Waals surface area (Å²) >= 11 is 0. The second-order valence-electron chi connectivity index (χ2n) is 9.28. The van der Waals surface area contributed by atoms with Crippen molar-refractivity contribution in [3.63, 3.8) is 0 Å². The Morgan fingerprint density at radius 1 is 0.879 bits per heavy atom. The summed E-state index contributed by atoms with van der Waals surface area (Å²) in [4.78, 5) is 3.90. The molecule has 0 N–H and O–H groups in total. The molecule has 0 saturated heterocycles. The van der Waals surface area contributed by atoms with Crippen molar-refractivity contribution in [2.24, 2.45) is 7.05 Å². The van der Waals surface area contributed by atoms with E-state index in [1.165, 1.54) is 5.19 Å². The summed E-state index contributed by atoms with van der Waals surface area (Å²) < 4.78 is 43.4. The lowest BCUT2D eigenvalue weighted by Crippen LogP contribution is -2.52. The van der Waals surface area contributed by atoms with Crippen molar-refractivity contribution in [2.75, 3.05) is 0 Å². The number of benzene rings is 3. The fraction of sp³-hybridized carbons (Fsp3) is 0.200. The Hall–Kier alpha value is -3.48. The molecule has 0 amide bonds. The minimum absolute atomic E-state index is 0.0770. The van der Waals surface area contributed by atoms with Gasteiger partial charge < -0.3 is 0 Å². The van der Waals surface area contributed by atoms with Crippen LogP contribution < -0.4 is 14.9 Å². The van der Waals surface area contributed by atoms with E-state index in [4.69, 9.17) is 13.4 Å². The molecule has 0 atom stereocenters. The summed E-state index contributed by atoms with van der Waals surface area (Å²) in [6.45, 7) is 13.7. The molecule has 162 valence electrons. The van der Waals surface area contributed by atoms with Crippen LogP contribution in [0.4, 0.5) is 5.69 Å². The van der Waals surface area contributed by atoms with Crippen molar-refractivity contribution in [3.05, 3.63) is 94.9 Å². The van der Waals surface area contributed by atoms with E-state index in [0.29, 0.717) is 17.1 Å². The number of fused-ring (bicyclic) bond motifs is 3. The van der Waals surface area contributed by atoms with Gasteiger partial charge in [-0.15, -0.1) is 0 Å². The number of aromatic nitrogens is 1. The molecule has 4 aromatic rings. The van der Waals surface area contributed by atoms with Crippen LogP contribution in [0.15, 0.2) is 66.7 Å². The topological polar surface area (TPSA) is 8.24 Å². The van der Waals surface area contributed by atoms with Crippen molar-refractivity contribution in [3.8, 4) is 33.5 Å². The average Bonchev–Trinajstić information content (AvgIpc) is 3.10. The van der Waals surface area contributed by atoms with Gasteiger partial charge in [0.2, 0.25) is 5.69 Å². The number of hydrogen-bond donors (Lipinski definition) is 0. The van der Waals surface area contributed by atoms with Crippen LogP contribution in [0.2, 0.25) is 13.1 Å². The fourth-order valence-corrected chi connectivity index (χ4v) is 9.20. The van der Waals surface area contributed by atoms with Crippen LogP contribution in [0.5, 0.6) is 0 Å². The first-order valence-electron chi connectivity index (χ1n) is 13.6. The second kappa shape index (κ2) is 7.54. The van der Waals surface area contributed by atoms with Gasteiger partial charge >= 0.3 is 0 Å². The van der Waals surface area contributed by atoms with Gasteiger partial charge in [-0.2, -0.15) is 4.57 Å². The monoisotopic (exact) mass is 450 g/mol. The number of hydrogen-bond acceptors (Lipinski definition) is 0. The summed E-state index contributed by atoms with van der Waals surface area (Å²) in [5.74, 6) is 0. The van der Waals surface area contributed by atoms with Crippen molar-refractivity contribution in [1.82, 2.24) is 0 Å². The molecule has 1 aromatic heterocycles. The third kappa shape index (κ3) is 3.02. The first-order chi connectivity index (χ1) is 17.8. The highest BCUT2D eigenvalue weighted by Gasteiger charge is 2.43. The van der Waals surface area contributed by atoms with Crippen molar-refractivity contribution < 1.29 is 11.4 Å². The summed E-state index contributed by atoms with van der Waals surface area (Å²) in [7, 11) is -0.667. The molecule has 0 bridgehead atoms. The van der Waals surface area contributed by atoms with Crippen molar-refractivity contribution in [2.45, 2.75) is 33.8 Å². The maximum absolute atomic E-state index is 9.00. The van der Waals surface area contributed by atoms with Gasteiger partial charge in [0, 0.05) is 28.2 Å². The van der Waals surface area contributed by atoms with Gasteiger partial charge in [0.25, 0.3) is 0 Å². The Balaban J connectivity index is 1.90. The highest BCUT2D eigenvalue weighted by Crippen LogP contribution is 2.41. The van der Waals surface area contributed by atoms with Crippen LogP contribution in [-0.4, -0.2) is 8.07 Å². The summed E-state index contributed by atoms with van der Waals surface area (Å²) in [6, 6.07) is 17.9. The zero-order chi connectivity index (χ0) is 27.7. The molecule has 0 saturated carbocycles. The van der Waals surface area contributed by atoms with Crippen LogP contribution in [0, 0.1) is 27.3 Å². The summed E-state index contributed by atoms with van der Waals surface area (Å²) in [5, 5.41) is 2.37. The zero-order valence-electron chi connectivity index (χ0n) is 24.6. The number of rotatable bonds is 2. The van der Waals surface area contributed by atoms with Gasteiger partial charge in [-0.05, 0) is 58.0 Å². The van der Waals surface area contributed by atoms with Crippen molar-refractivity contribution in [1.29, 1.82) is 0 Å². The molecule has 3 aromatic carbocycles. The minimum atomic E-state index is -2.48. The summed E-state index contributed by atoms with van der Waals surface area (Å²) in [5.41, 5.74) is 7.65. The third-order valence-corrected chi connectivity index (χ3v) is 10.6. The quantitative estimate of drug-likeness (QED) is 0.197. The zero-order valence-corrected chi connectivity index (χ0v) is 20.6. The first-order valence-corrected chi connectivity index (χ1v) is 14.1. The van der Waals surface area contributed by atoms with Gasteiger partial charge in [0.15, 0.2) is 11.4 Å². The van der Waals surface area contributed by atoms with E-state index >= 15 is 0 Å². The molecular formula is C30H29N2Si+. The standard InChI is InChI=1S/C30H29N2Si/c1-19-14-18-26(32(5)21(19)3)27-20(2)13-15-23-24-16-17-25(31-4)28(22-11-9-8-10-12-22)30(24)33(6,7)29(23)27/h8-18H,1-3,5-7H3/q+1/i1D3,14D,18D. The fourth-order valence-electron chi connectivity index (χ4n) is 5.33. The number of pyridine rings is 1. The largest absolute Gasteiger partial charge is 0.238 e. The number of aryl methyl sites for hydroxylation is 1. The van der Waals surface area contributed by atoms with Crippen LogP contribution in [0.3, 0.4) is 0 Å². The predicted molar refractivity (Wildman–Crippen MR) is 141 cm³/mol. The molecule has 3 heteroatoms. The molecule has 2 nitrogen and oxygen atoms in total. The Labute approximate surface area is 205 Å². The molecule has 0 radical (unpaired) electrons. The average molecular weight is 451 g/mol. The van der Waals surface area contributed by atoms with Crippen LogP contribution in [0.25, 0.3) is 38.4 Å². The third-order valence-electron chi connectivity index (χ3n) is 7.06. The van der Waals surface area contributed by atoms with Gasteiger partial charge in [0.05, 0.1) is 9.31 Å².